The largest absolute Gasteiger partial charge is 1.00 e. The first kappa shape index (κ1) is 16.2. The Labute approximate surface area is 134 Å². The van der Waals surface area contributed by atoms with Gasteiger partial charge in [0.2, 0.25) is 0 Å². The van der Waals surface area contributed by atoms with Crippen LogP contribution in [0.3, 0.4) is 0 Å². The van der Waals surface area contributed by atoms with Gasteiger partial charge in [-0.1, -0.05) is 30.3 Å². The van der Waals surface area contributed by atoms with Crippen molar-refractivity contribution in [2.75, 3.05) is 5.73 Å². The van der Waals surface area contributed by atoms with Crippen molar-refractivity contribution < 1.29 is 42.5 Å². The van der Waals surface area contributed by atoms with E-state index < -0.39 is 10.1 Å². The third kappa shape index (κ3) is 3.58. The summed E-state index contributed by atoms with van der Waals surface area (Å²) in [6.45, 7) is 1.72. The molecule has 19 heavy (non-hydrogen) atoms. The van der Waals surface area contributed by atoms with Crippen LogP contribution >= 0.6 is 0 Å². The maximum absolute atomic E-state index is 11.2. The van der Waals surface area contributed by atoms with E-state index in [0.29, 0.717) is 11.1 Å². The van der Waals surface area contributed by atoms with Crippen LogP contribution in [0, 0.1) is 6.92 Å². The summed E-state index contributed by atoms with van der Waals surface area (Å²) in [4.78, 5) is -0.360. The molecule has 0 radical (unpaired) electrons. The molecule has 2 aromatic rings. The first-order valence-electron chi connectivity index (χ1n) is 5.31. The van der Waals surface area contributed by atoms with E-state index in [1.54, 1.807) is 13.0 Å². The standard InChI is InChI=1S/C13H13NO3S.Na/c1-9-7-11(10-5-3-2-4-6-10)13(14)12(8-9)18(15,16)17;/h2-8H,14H2,1H3,(H,15,16,17);/q;+1/p-1. The molecule has 0 unspecified atom stereocenters. The molecule has 2 rings (SSSR count). The molecule has 0 fully saturated rings. The number of nitrogens with two attached hydrogens (primary N) is 1. The van der Waals surface area contributed by atoms with E-state index in [1.807, 2.05) is 30.3 Å². The fourth-order valence-corrected chi connectivity index (χ4v) is 2.54. The molecule has 0 aromatic heterocycles. The third-order valence-electron chi connectivity index (χ3n) is 2.64. The summed E-state index contributed by atoms with van der Waals surface area (Å²) in [7, 11) is -4.56. The zero-order valence-corrected chi connectivity index (χ0v) is 13.6. The Hall–Kier alpha value is -0.850. The molecule has 0 amide bonds. The third-order valence-corrected chi connectivity index (χ3v) is 3.52. The van der Waals surface area contributed by atoms with E-state index in [1.165, 1.54) is 6.07 Å². The SMILES string of the molecule is Cc1cc(-c2ccccc2)c(N)c(S(=O)(=O)[O-])c1.[Na+]. The monoisotopic (exact) mass is 285 g/mol. The van der Waals surface area contributed by atoms with Crippen molar-refractivity contribution in [2.24, 2.45) is 0 Å². The van der Waals surface area contributed by atoms with Gasteiger partial charge < -0.3 is 10.3 Å². The van der Waals surface area contributed by atoms with Crippen molar-refractivity contribution in [3.05, 3.63) is 48.0 Å². The molecule has 0 aliphatic heterocycles. The zero-order chi connectivity index (χ0) is 13.3. The summed E-state index contributed by atoms with van der Waals surface area (Å²) in [5.74, 6) is 0. The van der Waals surface area contributed by atoms with E-state index in [0.717, 1.165) is 5.56 Å². The van der Waals surface area contributed by atoms with Gasteiger partial charge in [-0.2, -0.15) is 0 Å². The maximum atomic E-state index is 11.2. The second-order valence-corrected chi connectivity index (χ2v) is 5.39. The molecule has 0 heterocycles. The van der Waals surface area contributed by atoms with Gasteiger partial charge in [0.15, 0.2) is 0 Å². The average Bonchev–Trinajstić information content (AvgIpc) is 2.31. The molecule has 0 saturated carbocycles. The summed E-state index contributed by atoms with van der Waals surface area (Å²) < 4.78 is 33.5. The summed E-state index contributed by atoms with van der Waals surface area (Å²) in [5, 5.41) is 0. The van der Waals surface area contributed by atoms with E-state index in [9.17, 15) is 13.0 Å². The molecule has 94 valence electrons. The van der Waals surface area contributed by atoms with Gasteiger partial charge in [-0.05, 0) is 30.2 Å². The van der Waals surface area contributed by atoms with Crippen molar-refractivity contribution in [1.29, 1.82) is 0 Å². The van der Waals surface area contributed by atoms with Crippen molar-refractivity contribution >= 4 is 15.8 Å². The Morgan fingerprint density at radius 3 is 2.21 bits per heavy atom. The van der Waals surface area contributed by atoms with Crippen molar-refractivity contribution in [2.45, 2.75) is 11.8 Å². The van der Waals surface area contributed by atoms with Crippen molar-refractivity contribution in [3.63, 3.8) is 0 Å². The van der Waals surface area contributed by atoms with Crippen LogP contribution < -0.4 is 35.3 Å². The van der Waals surface area contributed by atoms with Gasteiger partial charge in [-0.25, -0.2) is 8.42 Å². The molecular formula is C13H12NNaO3S. The normalized spacial score (nSPS) is 10.8. The summed E-state index contributed by atoms with van der Waals surface area (Å²) in [6.07, 6.45) is 0. The van der Waals surface area contributed by atoms with Crippen LogP contribution in [0.4, 0.5) is 5.69 Å². The van der Waals surface area contributed by atoms with Gasteiger partial charge in [0.1, 0.15) is 10.1 Å². The van der Waals surface area contributed by atoms with Gasteiger partial charge >= 0.3 is 29.6 Å². The Kier molecular flexibility index (Phi) is 5.18. The number of hydrogen-bond donors (Lipinski definition) is 1. The van der Waals surface area contributed by atoms with Crippen molar-refractivity contribution in [3.8, 4) is 11.1 Å². The predicted molar refractivity (Wildman–Crippen MR) is 69.0 cm³/mol. The second kappa shape index (κ2) is 6.07. The number of nitrogen functional groups attached to an aromatic ring is 1. The molecule has 0 spiro atoms. The predicted octanol–water partition coefficient (Wildman–Crippen LogP) is -0.848. The van der Waals surface area contributed by atoms with Crippen LogP contribution in [-0.2, 0) is 10.1 Å². The Morgan fingerprint density at radius 2 is 1.68 bits per heavy atom. The van der Waals surface area contributed by atoms with Gasteiger partial charge in [0.05, 0.1) is 10.6 Å². The molecule has 2 N–H and O–H groups in total. The Morgan fingerprint density at radius 1 is 1.11 bits per heavy atom. The molecule has 0 bridgehead atoms. The first-order valence-corrected chi connectivity index (χ1v) is 6.72. The smallest absolute Gasteiger partial charge is 0.744 e. The minimum Gasteiger partial charge on any atom is -0.744 e. The van der Waals surface area contributed by atoms with E-state index in [4.69, 9.17) is 5.73 Å². The number of rotatable bonds is 2. The van der Waals surface area contributed by atoms with Crippen LogP contribution in [-0.4, -0.2) is 13.0 Å². The maximum Gasteiger partial charge on any atom is 1.00 e. The van der Waals surface area contributed by atoms with Gasteiger partial charge in [-0.15, -0.1) is 0 Å². The first-order chi connectivity index (χ1) is 8.39. The van der Waals surface area contributed by atoms with E-state index >= 15 is 0 Å². The fourth-order valence-electron chi connectivity index (χ4n) is 1.83. The minimum absolute atomic E-state index is 0. The summed E-state index contributed by atoms with van der Waals surface area (Å²) in [5.41, 5.74) is 7.81. The minimum atomic E-state index is -4.56. The summed E-state index contributed by atoms with van der Waals surface area (Å²) >= 11 is 0. The van der Waals surface area contributed by atoms with Gasteiger partial charge in [0, 0.05) is 5.56 Å². The number of hydrogen-bond acceptors (Lipinski definition) is 4. The quantitative estimate of drug-likeness (QED) is 0.443. The Bertz CT molecular complexity index is 685. The topological polar surface area (TPSA) is 83.2 Å². The molecule has 6 heteroatoms. The van der Waals surface area contributed by atoms with Crippen LogP contribution in [0.25, 0.3) is 11.1 Å². The second-order valence-electron chi connectivity index (χ2n) is 4.04. The van der Waals surface area contributed by atoms with Crippen LogP contribution in [0.15, 0.2) is 47.4 Å². The van der Waals surface area contributed by atoms with Crippen LogP contribution in [0.1, 0.15) is 5.56 Å². The fraction of sp³-hybridized carbons (Fsp3) is 0.0769. The summed E-state index contributed by atoms with van der Waals surface area (Å²) in [6, 6.07) is 12.2. The molecule has 0 aliphatic rings. The molecule has 4 nitrogen and oxygen atoms in total. The van der Waals surface area contributed by atoms with E-state index in [2.05, 4.69) is 0 Å². The molecule has 0 atom stereocenters. The number of benzene rings is 2. The van der Waals surface area contributed by atoms with Crippen molar-refractivity contribution in [1.82, 2.24) is 0 Å². The number of anilines is 1. The van der Waals surface area contributed by atoms with E-state index in [-0.39, 0.29) is 40.1 Å². The Balaban J connectivity index is 0.00000180. The molecule has 2 aromatic carbocycles. The van der Waals surface area contributed by atoms with Crippen LogP contribution in [0.5, 0.6) is 0 Å². The number of aryl methyl sites for hydroxylation is 1. The zero-order valence-electron chi connectivity index (χ0n) is 10.8. The van der Waals surface area contributed by atoms with Gasteiger partial charge in [-0.3, -0.25) is 0 Å². The van der Waals surface area contributed by atoms with Gasteiger partial charge in [0.25, 0.3) is 0 Å². The average molecular weight is 285 g/mol. The molecule has 0 saturated heterocycles. The molecular weight excluding hydrogens is 273 g/mol. The van der Waals surface area contributed by atoms with Crippen LogP contribution in [0.2, 0.25) is 0 Å². The molecule has 0 aliphatic carbocycles.